The first-order valence-electron chi connectivity index (χ1n) is 8.21. The fraction of sp³-hybridized carbons (Fsp3) is 0.143. The molecule has 1 aliphatic heterocycles. The van der Waals surface area contributed by atoms with Crippen LogP contribution in [0, 0.1) is 0 Å². The molecule has 0 saturated carbocycles. The van der Waals surface area contributed by atoms with Gasteiger partial charge in [0.15, 0.2) is 6.10 Å². The van der Waals surface area contributed by atoms with E-state index in [0.29, 0.717) is 0 Å². The lowest BCUT2D eigenvalue weighted by Crippen LogP contribution is -2.39. The summed E-state index contributed by atoms with van der Waals surface area (Å²) >= 11 is 0. The SMILES string of the molecule is C[C@]1(c2cncc(-c3ccccc3)c2)NC(=O)O[C@H]1c1ccccc1. The Morgan fingerprint density at radius 3 is 2.36 bits per heavy atom. The molecule has 1 saturated heterocycles. The maximum absolute atomic E-state index is 12.0. The maximum atomic E-state index is 12.0. The lowest BCUT2D eigenvalue weighted by molar-refractivity contribution is 0.112. The highest BCUT2D eigenvalue weighted by Gasteiger charge is 2.47. The first-order chi connectivity index (χ1) is 12.2. The van der Waals surface area contributed by atoms with Crippen molar-refractivity contribution in [2.45, 2.75) is 18.6 Å². The number of pyridine rings is 1. The highest BCUT2D eigenvalue weighted by atomic mass is 16.6. The van der Waals surface area contributed by atoms with Gasteiger partial charge < -0.3 is 10.1 Å². The number of aromatic nitrogens is 1. The smallest absolute Gasteiger partial charge is 0.408 e. The van der Waals surface area contributed by atoms with Crippen molar-refractivity contribution < 1.29 is 9.53 Å². The second kappa shape index (κ2) is 6.06. The zero-order valence-corrected chi connectivity index (χ0v) is 13.8. The number of nitrogens with zero attached hydrogens (tertiary/aromatic N) is 1. The van der Waals surface area contributed by atoms with Crippen LogP contribution in [0.25, 0.3) is 11.1 Å². The van der Waals surface area contributed by atoms with E-state index in [1.807, 2.05) is 73.8 Å². The third-order valence-corrected chi connectivity index (χ3v) is 4.66. The largest absolute Gasteiger partial charge is 0.438 e. The Kier molecular flexibility index (Phi) is 3.73. The second-order valence-electron chi connectivity index (χ2n) is 6.35. The van der Waals surface area contributed by atoms with Crippen molar-refractivity contribution in [2.24, 2.45) is 0 Å². The van der Waals surface area contributed by atoms with E-state index in [4.69, 9.17) is 4.74 Å². The number of hydrogen-bond acceptors (Lipinski definition) is 3. The number of alkyl carbamates (subject to hydrolysis) is 1. The van der Waals surface area contributed by atoms with Gasteiger partial charge in [-0.2, -0.15) is 0 Å². The average molecular weight is 330 g/mol. The van der Waals surface area contributed by atoms with E-state index in [9.17, 15) is 4.79 Å². The topological polar surface area (TPSA) is 51.2 Å². The van der Waals surface area contributed by atoms with Gasteiger partial charge in [-0.25, -0.2) is 4.79 Å². The molecule has 3 aromatic rings. The molecule has 4 nitrogen and oxygen atoms in total. The van der Waals surface area contributed by atoms with Gasteiger partial charge in [0.25, 0.3) is 0 Å². The first-order valence-corrected chi connectivity index (χ1v) is 8.21. The molecular weight excluding hydrogens is 312 g/mol. The van der Waals surface area contributed by atoms with Crippen molar-refractivity contribution in [3.05, 3.63) is 90.3 Å². The summed E-state index contributed by atoms with van der Waals surface area (Å²) in [5.74, 6) is 0. The van der Waals surface area contributed by atoms with Gasteiger partial charge in [-0.1, -0.05) is 60.7 Å². The molecule has 0 spiro atoms. The predicted octanol–water partition coefficient (Wildman–Crippen LogP) is 4.44. The van der Waals surface area contributed by atoms with Gasteiger partial charge in [0.2, 0.25) is 0 Å². The quantitative estimate of drug-likeness (QED) is 0.772. The van der Waals surface area contributed by atoms with Gasteiger partial charge in [-0.15, -0.1) is 0 Å². The molecule has 0 aliphatic carbocycles. The van der Waals surface area contributed by atoms with Crippen LogP contribution in [-0.2, 0) is 10.3 Å². The summed E-state index contributed by atoms with van der Waals surface area (Å²) in [4.78, 5) is 16.4. The van der Waals surface area contributed by atoms with Crippen LogP contribution < -0.4 is 5.32 Å². The lowest BCUT2D eigenvalue weighted by atomic mass is 9.83. The highest BCUT2D eigenvalue weighted by molar-refractivity contribution is 5.73. The lowest BCUT2D eigenvalue weighted by Gasteiger charge is -2.29. The van der Waals surface area contributed by atoms with Gasteiger partial charge in [0.05, 0.1) is 0 Å². The van der Waals surface area contributed by atoms with Crippen LogP contribution in [0.5, 0.6) is 0 Å². The monoisotopic (exact) mass is 330 g/mol. The van der Waals surface area contributed by atoms with Crippen molar-refractivity contribution in [1.29, 1.82) is 0 Å². The van der Waals surface area contributed by atoms with Gasteiger partial charge in [-0.05, 0) is 24.1 Å². The van der Waals surface area contributed by atoms with E-state index in [-0.39, 0.29) is 0 Å². The first kappa shape index (κ1) is 15.4. The molecule has 25 heavy (non-hydrogen) atoms. The van der Waals surface area contributed by atoms with Crippen LogP contribution in [0.2, 0.25) is 0 Å². The Labute approximate surface area is 146 Å². The van der Waals surface area contributed by atoms with Crippen LogP contribution in [0.15, 0.2) is 79.1 Å². The predicted molar refractivity (Wildman–Crippen MR) is 95.8 cm³/mol. The summed E-state index contributed by atoms with van der Waals surface area (Å²) < 4.78 is 5.59. The van der Waals surface area contributed by atoms with Gasteiger partial charge in [0, 0.05) is 23.5 Å². The summed E-state index contributed by atoms with van der Waals surface area (Å²) in [5, 5.41) is 2.97. The standard InChI is InChI=1S/C21H18N2O2/c1-21(19(25-20(24)23-21)16-10-6-3-7-11-16)18-12-17(13-22-14-18)15-8-4-2-5-9-15/h2-14,19H,1H3,(H,23,24)/t19-,21+/m0/s1. The van der Waals surface area contributed by atoms with Crippen LogP contribution in [0.3, 0.4) is 0 Å². The number of benzene rings is 2. The molecule has 0 unspecified atom stereocenters. The van der Waals surface area contributed by atoms with Crippen LogP contribution in [0.4, 0.5) is 4.79 Å². The fourth-order valence-electron chi connectivity index (χ4n) is 3.30. The number of cyclic esters (lactones) is 1. The van der Waals surface area contributed by atoms with E-state index >= 15 is 0 Å². The summed E-state index contributed by atoms with van der Waals surface area (Å²) in [6.45, 7) is 1.97. The van der Waals surface area contributed by atoms with Crippen molar-refractivity contribution in [1.82, 2.24) is 10.3 Å². The van der Waals surface area contributed by atoms with E-state index in [1.54, 1.807) is 6.20 Å². The zero-order chi connectivity index (χ0) is 17.3. The summed E-state index contributed by atoms with van der Waals surface area (Å²) in [6.07, 6.45) is 2.80. The molecule has 0 bridgehead atoms. The number of nitrogens with one attached hydrogen (secondary N) is 1. The maximum Gasteiger partial charge on any atom is 0.408 e. The average Bonchev–Trinajstić information content (AvgIpc) is 2.99. The normalized spacial score (nSPS) is 22.3. The molecule has 2 heterocycles. The van der Waals surface area contributed by atoms with Crippen molar-refractivity contribution in [3.63, 3.8) is 0 Å². The number of carbonyl (C=O) groups is 1. The third kappa shape index (κ3) is 2.76. The van der Waals surface area contributed by atoms with Gasteiger partial charge in [0.1, 0.15) is 5.54 Å². The molecule has 4 heteroatoms. The number of rotatable bonds is 3. The Hall–Kier alpha value is -3.14. The minimum Gasteiger partial charge on any atom is -0.438 e. The number of carbonyl (C=O) groups excluding carboxylic acids is 1. The molecular formula is C21H18N2O2. The van der Waals surface area contributed by atoms with Gasteiger partial charge in [-0.3, -0.25) is 4.98 Å². The molecule has 1 aromatic heterocycles. The molecule has 1 N–H and O–H groups in total. The van der Waals surface area contributed by atoms with Crippen molar-refractivity contribution in [3.8, 4) is 11.1 Å². The molecule has 0 radical (unpaired) electrons. The third-order valence-electron chi connectivity index (χ3n) is 4.66. The van der Waals surface area contributed by atoms with Crippen LogP contribution in [0.1, 0.15) is 24.2 Å². The highest BCUT2D eigenvalue weighted by Crippen LogP contribution is 2.42. The molecule has 124 valence electrons. The molecule has 2 atom stereocenters. The minimum absolute atomic E-state index is 0.408. The van der Waals surface area contributed by atoms with Crippen molar-refractivity contribution in [2.75, 3.05) is 0 Å². The Morgan fingerprint density at radius 1 is 0.960 bits per heavy atom. The van der Waals surface area contributed by atoms with Gasteiger partial charge >= 0.3 is 6.09 Å². The van der Waals surface area contributed by atoms with E-state index in [2.05, 4.69) is 16.4 Å². The molecule has 1 amide bonds. The van der Waals surface area contributed by atoms with E-state index in [1.165, 1.54) is 0 Å². The Bertz CT molecular complexity index is 896. The number of hydrogen-bond donors (Lipinski definition) is 1. The molecule has 1 aliphatic rings. The molecule has 4 rings (SSSR count). The van der Waals surface area contributed by atoms with E-state index < -0.39 is 17.7 Å². The van der Waals surface area contributed by atoms with Crippen LogP contribution >= 0.6 is 0 Å². The number of amides is 1. The summed E-state index contributed by atoms with van der Waals surface area (Å²) in [6, 6.07) is 21.9. The van der Waals surface area contributed by atoms with E-state index in [0.717, 1.165) is 22.3 Å². The Balaban J connectivity index is 1.78. The second-order valence-corrected chi connectivity index (χ2v) is 6.35. The Morgan fingerprint density at radius 2 is 1.64 bits per heavy atom. The number of ether oxygens (including phenoxy) is 1. The molecule has 2 aromatic carbocycles. The van der Waals surface area contributed by atoms with Crippen molar-refractivity contribution >= 4 is 6.09 Å². The van der Waals surface area contributed by atoms with Crippen LogP contribution in [-0.4, -0.2) is 11.1 Å². The molecule has 1 fully saturated rings. The summed E-state index contributed by atoms with van der Waals surface area (Å²) in [7, 11) is 0. The minimum atomic E-state index is -0.684. The summed E-state index contributed by atoms with van der Waals surface area (Å²) in [5.41, 5.74) is 3.27. The zero-order valence-electron chi connectivity index (χ0n) is 13.8. The fourth-order valence-corrected chi connectivity index (χ4v) is 3.30.